The first kappa shape index (κ1) is 21.7. The molecule has 3 rings (SSSR count). The van der Waals surface area contributed by atoms with E-state index in [9.17, 15) is 4.39 Å². The molecular formula is C24H25FN4S. The first-order valence-electron chi connectivity index (χ1n) is 9.83. The summed E-state index contributed by atoms with van der Waals surface area (Å²) in [4.78, 5) is 0.821. The van der Waals surface area contributed by atoms with E-state index in [0.717, 1.165) is 35.3 Å². The van der Waals surface area contributed by atoms with Crippen LogP contribution in [0, 0.1) is 21.9 Å². The molecule has 0 bridgehead atoms. The maximum absolute atomic E-state index is 13.6. The van der Waals surface area contributed by atoms with Crippen molar-refractivity contribution in [2.75, 3.05) is 7.05 Å². The van der Waals surface area contributed by atoms with Gasteiger partial charge in [0.1, 0.15) is 11.9 Å². The van der Waals surface area contributed by atoms with Crippen LogP contribution in [0.4, 0.5) is 4.39 Å². The van der Waals surface area contributed by atoms with Gasteiger partial charge in [-0.3, -0.25) is 4.78 Å². The van der Waals surface area contributed by atoms with E-state index in [0.29, 0.717) is 0 Å². The van der Waals surface area contributed by atoms with Crippen molar-refractivity contribution in [1.29, 1.82) is 10.0 Å². The number of aryl methyl sites for hydroxylation is 1. The molecule has 0 aromatic heterocycles. The number of hydrogen-bond donors (Lipinski definition) is 3. The summed E-state index contributed by atoms with van der Waals surface area (Å²) in [6.07, 6.45) is 10.8. The second-order valence-electron chi connectivity index (χ2n) is 7.02. The average molecular weight is 421 g/mol. The van der Waals surface area contributed by atoms with Crippen LogP contribution in [0.15, 0.2) is 77.4 Å². The van der Waals surface area contributed by atoms with Crippen molar-refractivity contribution < 1.29 is 4.39 Å². The topological polar surface area (TPSA) is 71.7 Å². The van der Waals surface area contributed by atoms with E-state index in [1.807, 2.05) is 30.5 Å². The zero-order chi connectivity index (χ0) is 21.3. The molecule has 2 aromatic rings. The molecular weight excluding hydrogens is 395 g/mol. The van der Waals surface area contributed by atoms with E-state index in [1.165, 1.54) is 17.7 Å². The molecule has 1 aliphatic heterocycles. The quantitative estimate of drug-likeness (QED) is 0.617. The molecule has 0 spiro atoms. The molecule has 2 unspecified atom stereocenters. The van der Waals surface area contributed by atoms with Gasteiger partial charge < -0.3 is 5.32 Å². The van der Waals surface area contributed by atoms with Crippen molar-refractivity contribution in [2.45, 2.75) is 25.3 Å². The van der Waals surface area contributed by atoms with Gasteiger partial charge in [-0.05, 0) is 65.0 Å². The Bertz CT molecular complexity index is 1030. The van der Waals surface area contributed by atoms with E-state index >= 15 is 0 Å². The van der Waals surface area contributed by atoms with Gasteiger partial charge in [-0.25, -0.2) is 9.11 Å². The first-order valence-corrected chi connectivity index (χ1v) is 11.1. The number of nitriles is 1. The lowest BCUT2D eigenvalue weighted by Gasteiger charge is -2.15. The monoisotopic (exact) mass is 420 g/mol. The van der Waals surface area contributed by atoms with Gasteiger partial charge in [-0.1, -0.05) is 48.6 Å². The number of rotatable bonds is 6. The first-order chi connectivity index (χ1) is 14.6. The molecule has 0 aliphatic carbocycles. The summed E-state index contributed by atoms with van der Waals surface area (Å²) < 4.78 is 25.7. The highest BCUT2D eigenvalue weighted by molar-refractivity contribution is 7.88. The molecule has 4 nitrogen and oxygen atoms in total. The van der Waals surface area contributed by atoms with Gasteiger partial charge in [0.2, 0.25) is 0 Å². The van der Waals surface area contributed by atoms with Crippen molar-refractivity contribution in [3.8, 4) is 6.07 Å². The minimum atomic E-state index is -0.910. The highest BCUT2D eigenvalue weighted by atomic mass is 32.2. The molecule has 154 valence electrons. The summed E-state index contributed by atoms with van der Waals surface area (Å²) in [6.45, 7) is 0. The Balaban J connectivity index is 1.79. The van der Waals surface area contributed by atoms with Crippen molar-refractivity contribution in [3.05, 3.63) is 99.9 Å². The Labute approximate surface area is 179 Å². The summed E-state index contributed by atoms with van der Waals surface area (Å²) in [5, 5.41) is 12.1. The second kappa shape index (κ2) is 10.7. The molecule has 3 N–H and O–H groups in total. The van der Waals surface area contributed by atoms with E-state index < -0.39 is 16.7 Å². The van der Waals surface area contributed by atoms with Crippen LogP contribution in [0.1, 0.15) is 29.5 Å². The standard InChI is InChI=1S/C24H25FN4S/c1-28-17-24-20(14-19-10-13-23(25)21(15-19)16-26)11-12-22(29-30(24)27)9-5-8-18-6-3-2-4-7-18/h2-4,6-7,10-15,17,22,28H,5,8-9H2,1H3,(H2,27,29)/b20-14+,24-17?. The molecule has 0 amide bonds. The Morgan fingerprint density at radius 1 is 1.27 bits per heavy atom. The zero-order valence-electron chi connectivity index (χ0n) is 16.9. The second-order valence-corrected chi connectivity index (χ2v) is 8.30. The molecule has 30 heavy (non-hydrogen) atoms. The van der Waals surface area contributed by atoms with Gasteiger partial charge in [0.25, 0.3) is 0 Å². The SMILES string of the molecule is CNC=C1/C(=C/c2ccc(F)c(C#N)c2)C=CC(CCCc2ccccc2)NS1=N. The van der Waals surface area contributed by atoms with Crippen molar-refractivity contribution >= 4 is 17.0 Å². The fraction of sp³-hybridized carbons (Fsp3) is 0.208. The van der Waals surface area contributed by atoms with E-state index in [4.69, 9.17) is 10.0 Å². The number of halogens is 1. The van der Waals surface area contributed by atoms with Gasteiger partial charge in [0.05, 0.1) is 10.5 Å². The smallest absolute Gasteiger partial charge is 0.140 e. The largest absolute Gasteiger partial charge is 0.393 e. The Morgan fingerprint density at radius 2 is 2.07 bits per heavy atom. The molecule has 2 aromatic carbocycles. The third-order valence-electron chi connectivity index (χ3n) is 4.81. The van der Waals surface area contributed by atoms with Crippen LogP contribution in [0.5, 0.6) is 0 Å². The van der Waals surface area contributed by atoms with Crippen LogP contribution in [0.25, 0.3) is 6.08 Å². The average Bonchev–Trinajstić information content (AvgIpc) is 2.90. The third kappa shape index (κ3) is 5.76. The minimum absolute atomic E-state index is 0.0166. The van der Waals surface area contributed by atoms with Crippen LogP contribution in [-0.2, 0) is 17.3 Å². The van der Waals surface area contributed by atoms with Crippen molar-refractivity contribution in [3.63, 3.8) is 0 Å². The lowest BCUT2D eigenvalue weighted by atomic mass is 10.0. The summed E-state index contributed by atoms with van der Waals surface area (Å²) >= 11 is 0. The van der Waals surface area contributed by atoms with Crippen molar-refractivity contribution in [1.82, 2.24) is 10.0 Å². The highest BCUT2D eigenvalue weighted by Crippen LogP contribution is 2.24. The lowest BCUT2D eigenvalue weighted by Crippen LogP contribution is -2.28. The van der Waals surface area contributed by atoms with Crippen LogP contribution in [-0.4, -0.2) is 13.1 Å². The molecule has 0 radical (unpaired) electrons. The minimum Gasteiger partial charge on any atom is -0.393 e. The van der Waals surface area contributed by atoms with Gasteiger partial charge in [0, 0.05) is 19.3 Å². The molecule has 6 heteroatoms. The van der Waals surface area contributed by atoms with Gasteiger partial charge in [-0.15, -0.1) is 0 Å². The van der Waals surface area contributed by atoms with Gasteiger partial charge in [-0.2, -0.15) is 5.26 Å². The molecule has 1 aliphatic rings. The Morgan fingerprint density at radius 3 is 2.80 bits per heavy atom. The van der Waals surface area contributed by atoms with Gasteiger partial charge >= 0.3 is 0 Å². The Hall–Kier alpha value is -3.01. The van der Waals surface area contributed by atoms with Crippen LogP contribution in [0.3, 0.4) is 0 Å². The molecule has 0 fully saturated rings. The Kier molecular flexibility index (Phi) is 7.72. The highest BCUT2D eigenvalue weighted by Gasteiger charge is 2.17. The normalized spacial score (nSPS) is 21.4. The summed E-state index contributed by atoms with van der Waals surface area (Å²) in [5.41, 5.74) is 2.94. The van der Waals surface area contributed by atoms with Gasteiger partial charge in [0.15, 0.2) is 0 Å². The van der Waals surface area contributed by atoms with E-state index in [-0.39, 0.29) is 11.6 Å². The predicted octanol–water partition coefficient (Wildman–Crippen LogP) is 4.99. The maximum atomic E-state index is 13.6. The zero-order valence-corrected chi connectivity index (χ0v) is 17.7. The predicted molar refractivity (Wildman–Crippen MR) is 122 cm³/mol. The lowest BCUT2D eigenvalue weighted by molar-refractivity contribution is 0.624. The van der Waals surface area contributed by atoms with Crippen molar-refractivity contribution in [2.24, 2.45) is 0 Å². The fourth-order valence-electron chi connectivity index (χ4n) is 3.29. The van der Waals surface area contributed by atoms with E-state index in [1.54, 1.807) is 13.1 Å². The van der Waals surface area contributed by atoms with Crippen LogP contribution in [0.2, 0.25) is 0 Å². The van der Waals surface area contributed by atoms with Crippen LogP contribution < -0.4 is 10.0 Å². The number of nitrogens with one attached hydrogen (secondary N) is 3. The molecule has 2 atom stereocenters. The fourth-order valence-corrected chi connectivity index (χ4v) is 4.51. The van der Waals surface area contributed by atoms with Crippen LogP contribution >= 0.6 is 0 Å². The summed E-state index contributed by atoms with van der Waals surface area (Å²) in [5.74, 6) is -0.526. The van der Waals surface area contributed by atoms with E-state index in [2.05, 4.69) is 40.4 Å². The number of benzene rings is 2. The number of nitrogens with zero attached hydrogens (tertiary/aromatic N) is 1. The number of hydrogen-bond acceptors (Lipinski definition) is 3. The molecule has 1 heterocycles. The number of allylic oxidation sites excluding steroid dienone is 2. The summed E-state index contributed by atoms with van der Waals surface area (Å²) in [6, 6.07) is 16.9. The third-order valence-corrected chi connectivity index (χ3v) is 6.15. The maximum Gasteiger partial charge on any atom is 0.140 e. The summed E-state index contributed by atoms with van der Waals surface area (Å²) in [7, 11) is 0.895. The molecule has 0 saturated heterocycles. The molecule has 0 saturated carbocycles.